The van der Waals surface area contributed by atoms with Crippen LogP contribution in [0.25, 0.3) is 5.57 Å². The molecule has 182 valence electrons. The third-order valence-electron chi connectivity index (χ3n) is 5.07. The van der Waals surface area contributed by atoms with Crippen LogP contribution < -0.4 is 14.8 Å². The molecule has 2 amide bonds. The summed E-state index contributed by atoms with van der Waals surface area (Å²) in [5, 5.41) is 3.17. The van der Waals surface area contributed by atoms with Crippen molar-refractivity contribution in [2.75, 3.05) is 31.7 Å². The Labute approximate surface area is 201 Å². The van der Waals surface area contributed by atoms with E-state index in [0.29, 0.717) is 41.7 Å². The van der Waals surface area contributed by atoms with Gasteiger partial charge in [-0.15, -0.1) is 0 Å². The summed E-state index contributed by atoms with van der Waals surface area (Å²) in [6.45, 7) is 11.5. The molecule has 0 aliphatic carbocycles. The minimum Gasteiger partial charge on any atom is -0.494 e. The number of carbonyl (C=O) groups excluding carboxylic acids is 2. The van der Waals surface area contributed by atoms with E-state index in [9.17, 15) is 9.59 Å². The molecule has 1 aliphatic heterocycles. The number of nitrogens with zero attached hydrogens (tertiary/aromatic N) is 1. The minimum absolute atomic E-state index is 0.0116. The number of hydrogen-bond acceptors (Lipinski definition) is 6. The number of hydrogen-bond donors (Lipinski definition) is 1. The van der Waals surface area contributed by atoms with Crippen LogP contribution in [0, 0.1) is 5.92 Å². The molecule has 1 N–H and O–H groups in total. The Hall–Kier alpha value is -3.32. The van der Waals surface area contributed by atoms with E-state index in [2.05, 4.69) is 19.2 Å². The Morgan fingerprint density at radius 2 is 1.65 bits per heavy atom. The number of imide groups is 1. The van der Waals surface area contributed by atoms with Crippen molar-refractivity contribution in [3.63, 3.8) is 0 Å². The van der Waals surface area contributed by atoms with Crippen LogP contribution in [0.15, 0.2) is 54.2 Å². The molecule has 0 aromatic heterocycles. The molecule has 7 heteroatoms. The summed E-state index contributed by atoms with van der Waals surface area (Å²) in [5.41, 5.74) is 1.87. The molecule has 1 aliphatic rings. The van der Waals surface area contributed by atoms with E-state index in [1.165, 1.54) is 4.90 Å². The maximum Gasteiger partial charge on any atom is 0.278 e. The third-order valence-corrected chi connectivity index (χ3v) is 5.07. The Balaban J connectivity index is 1.92. The maximum absolute atomic E-state index is 13.4. The maximum atomic E-state index is 13.4. The van der Waals surface area contributed by atoms with Gasteiger partial charge in [0.1, 0.15) is 17.2 Å². The van der Waals surface area contributed by atoms with Crippen LogP contribution in [-0.2, 0) is 14.3 Å². The largest absolute Gasteiger partial charge is 0.494 e. The van der Waals surface area contributed by atoms with Gasteiger partial charge in [0.05, 0.1) is 38.0 Å². The molecule has 0 spiro atoms. The normalized spacial score (nSPS) is 13.9. The molecule has 0 radical (unpaired) electrons. The van der Waals surface area contributed by atoms with Crippen LogP contribution in [0.1, 0.15) is 40.2 Å². The van der Waals surface area contributed by atoms with E-state index in [4.69, 9.17) is 14.2 Å². The Bertz CT molecular complexity index is 1030. The van der Waals surface area contributed by atoms with Gasteiger partial charge < -0.3 is 19.5 Å². The highest BCUT2D eigenvalue weighted by Crippen LogP contribution is 2.32. The first-order valence-electron chi connectivity index (χ1n) is 11.7. The van der Waals surface area contributed by atoms with E-state index < -0.39 is 0 Å². The lowest BCUT2D eigenvalue weighted by Gasteiger charge is -2.16. The summed E-state index contributed by atoms with van der Waals surface area (Å²) < 4.78 is 16.9. The van der Waals surface area contributed by atoms with Gasteiger partial charge in [0, 0.05) is 11.8 Å². The first-order chi connectivity index (χ1) is 16.3. The molecular weight excluding hydrogens is 432 g/mol. The molecular formula is C27H34N2O5. The van der Waals surface area contributed by atoms with Crippen molar-refractivity contribution in [1.82, 2.24) is 4.90 Å². The zero-order valence-electron chi connectivity index (χ0n) is 20.6. The molecule has 3 rings (SSSR count). The van der Waals surface area contributed by atoms with Crippen molar-refractivity contribution in [2.45, 2.75) is 40.7 Å². The van der Waals surface area contributed by atoms with Crippen molar-refractivity contribution >= 4 is 23.1 Å². The van der Waals surface area contributed by atoms with Crippen LogP contribution in [-0.4, -0.2) is 49.2 Å². The Kier molecular flexibility index (Phi) is 8.71. The summed E-state index contributed by atoms with van der Waals surface area (Å²) >= 11 is 0. The summed E-state index contributed by atoms with van der Waals surface area (Å²) in [6, 6.07) is 14.6. The number of amides is 2. The second-order valence-electron chi connectivity index (χ2n) is 8.75. The van der Waals surface area contributed by atoms with E-state index in [-0.39, 0.29) is 36.8 Å². The minimum atomic E-state index is -0.380. The number of ether oxygens (including phenoxy) is 3. The average Bonchev–Trinajstić information content (AvgIpc) is 3.02. The highest BCUT2D eigenvalue weighted by molar-refractivity contribution is 6.36. The quantitative estimate of drug-likeness (QED) is 0.456. The molecule has 7 nitrogen and oxygen atoms in total. The predicted molar refractivity (Wildman–Crippen MR) is 133 cm³/mol. The average molecular weight is 467 g/mol. The summed E-state index contributed by atoms with van der Waals surface area (Å²) in [7, 11) is 0. The van der Waals surface area contributed by atoms with Gasteiger partial charge in [-0.2, -0.15) is 0 Å². The van der Waals surface area contributed by atoms with Gasteiger partial charge in [0.25, 0.3) is 11.8 Å². The lowest BCUT2D eigenvalue weighted by Crippen LogP contribution is -2.35. The molecule has 34 heavy (non-hydrogen) atoms. The topological polar surface area (TPSA) is 77.1 Å². The van der Waals surface area contributed by atoms with Gasteiger partial charge in [-0.25, -0.2) is 0 Å². The van der Waals surface area contributed by atoms with E-state index in [1.807, 2.05) is 63.2 Å². The molecule has 0 atom stereocenters. The fraction of sp³-hybridized carbons (Fsp3) is 0.407. The van der Waals surface area contributed by atoms with Crippen LogP contribution in [0.2, 0.25) is 0 Å². The van der Waals surface area contributed by atoms with Gasteiger partial charge in [0.2, 0.25) is 0 Å². The van der Waals surface area contributed by atoms with Crippen LogP contribution >= 0.6 is 0 Å². The second-order valence-corrected chi connectivity index (χ2v) is 8.75. The van der Waals surface area contributed by atoms with Gasteiger partial charge in [-0.1, -0.05) is 32.0 Å². The van der Waals surface area contributed by atoms with Crippen molar-refractivity contribution < 1.29 is 23.8 Å². The molecule has 0 fully saturated rings. The summed E-state index contributed by atoms with van der Waals surface area (Å²) in [6.07, 6.45) is 0.0116. The smallest absolute Gasteiger partial charge is 0.278 e. The molecule has 2 aromatic rings. The van der Waals surface area contributed by atoms with Gasteiger partial charge in [0.15, 0.2) is 0 Å². The van der Waals surface area contributed by atoms with Crippen molar-refractivity contribution in [1.29, 1.82) is 0 Å². The molecule has 0 saturated heterocycles. The predicted octanol–water partition coefficient (Wildman–Crippen LogP) is 4.74. The fourth-order valence-corrected chi connectivity index (χ4v) is 3.50. The highest BCUT2D eigenvalue weighted by atomic mass is 16.5. The Morgan fingerprint density at radius 1 is 0.912 bits per heavy atom. The number of rotatable bonds is 12. The third kappa shape index (κ3) is 6.38. The van der Waals surface area contributed by atoms with Gasteiger partial charge in [-0.3, -0.25) is 14.5 Å². The SMILES string of the molecule is CCOc1cccc(NC2=C(c3ccc(OCC(C)C)cc3)C(=O)N(CCOC(C)C)C2=O)c1. The van der Waals surface area contributed by atoms with Crippen molar-refractivity contribution in [3.05, 3.63) is 59.8 Å². The highest BCUT2D eigenvalue weighted by Gasteiger charge is 2.39. The number of benzene rings is 2. The lowest BCUT2D eigenvalue weighted by molar-refractivity contribution is -0.137. The standard InChI is InChI=1S/C27H34N2O5/c1-6-32-23-9-7-8-21(16-23)28-25-24(20-10-12-22(13-11-20)34-17-18(2)3)26(30)29(27(25)31)14-15-33-19(4)5/h7-13,16,18-19,28H,6,14-15,17H2,1-5H3. The van der Waals surface area contributed by atoms with E-state index in [0.717, 1.165) is 5.75 Å². The Morgan fingerprint density at radius 3 is 2.29 bits per heavy atom. The lowest BCUT2D eigenvalue weighted by atomic mass is 10.0. The van der Waals surface area contributed by atoms with Gasteiger partial charge in [-0.05, 0) is 56.5 Å². The monoisotopic (exact) mass is 466 g/mol. The molecule has 1 heterocycles. The van der Waals surface area contributed by atoms with Crippen LogP contribution in [0.4, 0.5) is 5.69 Å². The van der Waals surface area contributed by atoms with Crippen LogP contribution in [0.3, 0.4) is 0 Å². The fourth-order valence-electron chi connectivity index (χ4n) is 3.50. The number of anilines is 1. The van der Waals surface area contributed by atoms with Gasteiger partial charge >= 0.3 is 0 Å². The molecule has 0 unspecified atom stereocenters. The zero-order chi connectivity index (χ0) is 24.7. The summed E-state index contributed by atoms with van der Waals surface area (Å²) in [5.74, 6) is 1.07. The van der Waals surface area contributed by atoms with E-state index in [1.54, 1.807) is 6.07 Å². The second kappa shape index (κ2) is 11.7. The molecule has 0 bridgehead atoms. The number of carbonyl (C=O) groups is 2. The summed E-state index contributed by atoms with van der Waals surface area (Å²) in [4.78, 5) is 27.9. The van der Waals surface area contributed by atoms with Crippen molar-refractivity contribution in [3.8, 4) is 11.5 Å². The zero-order valence-corrected chi connectivity index (χ0v) is 20.6. The molecule has 0 saturated carbocycles. The first-order valence-corrected chi connectivity index (χ1v) is 11.7. The first kappa shape index (κ1) is 25.3. The van der Waals surface area contributed by atoms with Crippen LogP contribution in [0.5, 0.6) is 11.5 Å². The van der Waals surface area contributed by atoms with Crippen molar-refractivity contribution in [2.24, 2.45) is 5.92 Å². The van der Waals surface area contributed by atoms with E-state index >= 15 is 0 Å². The molecule has 2 aromatic carbocycles. The number of nitrogens with one attached hydrogen (secondary N) is 1.